The van der Waals surface area contributed by atoms with Gasteiger partial charge in [0.25, 0.3) is 5.91 Å². The molecule has 3 heterocycles. The van der Waals surface area contributed by atoms with Crippen LogP contribution in [0, 0.1) is 13.8 Å². The summed E-state index contributed by atoms with van der Waals surface area (Å²) in [7, 11) is 3.12. The first-order valence-electron chi connectivity index (χ1n) is 7.86. The number of likely N-dealkylation sites (N-methyl/N-ethyl adjacent to an activating group) is 2. The number of aromatic nitrogens is 2. The van der Waals surface area contributed by atoms with Gasteiger partial charge in [-0.2, -0.15) is 4.57 Å². The van der Waals surface area contributed by atoms with Crippen molar-refractivity contribution in [3.8, 4) is 5.69 Å². The molecular weight excluding hydrogens is 342 g/mol. The van der Waals surface area contributed by atoms with Crippen molar-refractivity contribution >= 4 is 35.3 Å². The fourth-order valence-corrected chi connectivity index (χ4v) is 3.66. The largest absolute Gasteiger partial charge is 0.407 e. The number of carbonyl (C=O) groups is 2. The molecule has 0 saturated carbocycles. The highest BCUT2D eigenvalue weighted by molar-refractivity contribution is 6.32. The van der Waals surface area contributed by atoms with Crippen LogP contribution in [-0.4, -0.2) is 46.2 Å². The zero-order valence-electron chi connectivity index (χ0n) is 14.3. The van der Waals surface area contributed by atoms with Crippen LogP contribution in [0.2, 0.25) is 5.02 Å². The molecule has 0 bridgehead atoms. The Morgan fingerprint density at radius 1 is 1.12 bits per heavy atom. The number of hydrogen-bond acceptors (Lipinski definition) is 3. The molecule has 1 atom stereocenters. The maximum absolute atomic E-state index is 12.7. The summed E-state index contributed by atoms with van der Waals surface area (Å²) in [5.41, 5.74) is 2.64. The van der Waals surface area contributed by atoms with E-state index in [-0.39, 0.29) is 11.9 Å². The maximum Gasteiger partial charge on any atom is 0.407 e. The first-order valence-corrected chi connectivity index (χ1v) is 8.24. The van der Waals surface area contributed by atoms with Crippen molar-refractivity contribution in [1.29, 1.82) is 0 Å². The lowest BCUT2D eigenvalue weighted by Crippen LogP contribution is -2.62. The Labute approximate surface area is 149 Å². The molecule has 8 heteroatoms. The minimum absolute atomic E-state index is 0.287. The van der Waals surface area contributed by atoms with Crippen molar-refractivity contribution < 1.29 is 14.2 Å². The molecular formula is C17H17ClN5O2+. The van der Waals surface area contributed by atoms with Crippen molar-refractivity contribution in [3.63, 3.8) is 0 Å². The Bertz CT molecular complexity index is 978. The molecule has 1 fully saturated rings. The fourth-order valence-electron chi connectivity index (χ4n) is 3.44. The molecule has 2 aliphatic heterocycles. The number of rotatable bonds is 1. The molecule has 7 nitrogen and oxygen atoms in total. The fraction of sp³-hybridized carbons (Fsp3) is 0.294. The number of aliphatic imine (C=N–C) groups is 1. The first-order chi connectivity index (χ1) is 11.8. The first kappa shape index (κ1) is 15.8. The molecule has 128 valence electrons. The number of imide groups is 1. The van der Waals surface area contributed by atoms with E-state index in [1.807, 2.05) is 47.2 Å². The zero-order chi connectivity index (χ0) is 18.0. The summed E-state index contributed by atoms with van der Waals surface area (Å²) in [6, 6.07) is 6.46. The lowest BCUT2D eigenvalue weighted by Gasteiger charge is -2.30. The molecule has 1 aromatic heterocycles. The number of amides is 3. The SMILES string of the molecule is Cc1c(C)[n+]2c(n1-c1ccccc1Cl)N=C1C2C(=O)N(C)C(=O)N1C. The standard InChI is InChI=1S/C17H17ClN5O2/c1-9-10(2)23-13-14(20(3)17(25)21(4)15(13)24)19-16(23)22(9)12-8-6-5-7-11(12)18/h5-8,13H,1-4H3/q+1. The molecule has 4 rings (SSSR count). The second kappa shape index (κ2) is 5.16. The van der Waals surface area contributed by atoms with Gasteiger partial charge in [-0.05, 0) is 26.0 Å². The van der Waals surface area contributed by atoms with Crippen LogP contribution in [0.3, 0.4) is 0 Å². The summed E-state index contributed by atoms with van der Waals surface area (Å²) in [5, 5.41) is 0.590. The third kappa shape index (κ3) is 1.93. The summed E-state index contributed by atoms with van der Waals surface area (Å²) >= 11 is 6.38. The lowest BCUT2D eigenvalue weighted by molar-refractivity contribution is -0.682. The van der Waals surface area contributed by atoms with E-state index in [1.54, 1.807) is 7.05 Å². The van der Waals surface area contributed by atoms with Gasteiger partial charge in [0, 0.05) is 14.1 Å². The number of amidine groups is 1. The molecule has 2 aliphatic rings. The molecule has 1 unspecified atom stereocenters. The van der Waals surface area contributed by atoms with E-state index in [1.165, 1.54) is 11.9 Å². The van der Waals surface area contributed by atoms with Gasteiger partial charge in [-0.3, -0.25) is 14.6 Å². The average Bonchev–Trinajstić information content (AvgIpc) is 3.09. The third-order valence-electron chi connectivity index (χ3n) is 4.93. The molecule has 0 radical (unpaired) electrons. The number of hydrogen-bond donors (Lipinski definition) is 0. The number of carbonyl (C=O) groups excluding carboxylic acids is 2. The molecule has 25 heavy (non-hydrogen) atoms. The van der Waals surface area contributed by atoms with Gasteiger partial charge in [0.15, 0.2) is 0 Å². The van der Waals surface area contributed by atoms with Gasteiger partial charge >= 0.3 is 12.0 Å². The minimum Gasteiger partial charge on any atom is -0.270 e. The minimum atomic E-state index is -0.634. The Balaban J connectivity index is 2.00. The summed E-state index contributed by atoms with van der Waals surface area (Å²) in [5.74, 6) is 0.739. The van der Waals surface area contributed by atoms with Crippen LogP contribution >= 0.6 is 11.6 Å². The van der Waals surface area contributed by atoms with Gasteiger partial charge in [0.05, 0.1) is 5.02 Å². The quantitative estimate of drug-likeness (QED) is 0.733. The van der Waals surface area contributed by atoms with Gasteiger partial charge in [0.2, 0.25) is 11.9 Å². The number of benzene rings is 1. The molecule has 2 aromatic rings. The van der Waals surface area contributed by atoms with Gasteiger partial charge in [-0.25, -0.2) is 9.36 Å². The topological polar surface area (TPSA) is 61.8 Å². The van der Waals surface area contributed by atoms with Crippen LogP contribution in [0.15, 0.2) is 29.3 Å². The van der Waals surface area contributed by atoms with Gasteiger partial charge < -0.3 is 0 Å². The predicted molar refractivity (Wildman–Crippen MR) is 92.5 cm³/mol. The van der Waals surface area contributed by atoms with E-state index in [9.17, 15) is 9.59 Å². The normalized spacial score (nSPS) is 19.2. The van der Waals surface area contributed by atoms with E-state index in [0.29, 0.717) is 16.8 Å². The van der Waals surface area contributed by atoms with Crippen molar-refractivity contribution in [2.24, 2.45) is 4.99 Å². The summed E-state index contributed by atoms with van der Waals surface area (Å²) in [4.78, 5) is 32.2. The molecule has 1 aromatic carbocycles. The van der Waals surface area contributed by atoms with E-state index >= 15 is 0 Å². The van der Waals surface area contributed by atoms with E-state index < -0.39 is 6.04 Å². The number of nitrogens with zero attached hydrogens (tertiary/aromatic N) is 5. The van der Waals surface area contributed by atoms with Crippen LogP contribution < -0.4 is 4.57 Å². The number of halogens is 1. The summed E-state index contributed by atoms with van der Waals surface area (Å²) in [6.07, 6.45) is 0. The monoisotopic (exact) mass is 358 g/mol. The molecule has 1 saturated heterocycles. The van der Waals surface area contributed by atoms with E-state index in [0.717, 1.165) is 22.0 Å². The van der Waals surface area contributed by atoms with Crippen LogP contribution in [0.5, 0.6) is 0 Å². The molecule has 3 amide bonds. The maximum atomic E-state index is 12.7. The molecule has 0 N–H and O–H groups in total. The summed E-state index contributed by atoms with van der Waals surface area (Å²) < 4.78 is 3.80. The Kier molecular flexibility index (Phi) is 3.27. The number of urea groups is 1. The van der Waals surface area contributed by atoms with Crippen LogP contribution in [0.1, 0.15) is 17.4 Å². The zero-order valence-corrected chi connectivity index (χ0v) is 15.1. The second-order valence-electron chi connectivity index (χ2n) is 6.24. The lowest BCUT2D eigenvalue weighted by atomic mass is 10.1. The smallest absolute Gasteiger partial charge is 0.270 e. The van der Waals surface area contributed by atoms with Crippen molar-refractivity contribution in [3.05, 3.63) is 40.7 Å². The van der Waals surface area contributed by atoms with Crippen molar-refractivity contribution in [1.82, 2.24) is 14.4 Å². The van der Waals surface area contributed by atoms with Gasteiger partial charge in [-0.15, -0.1) is 0 Å². The van der Waals surface area contributed by atoms with Crippen LogP contribution in [0.25, 0.3) is 5.69 Å². The summed E-state index contributed by atoms with van der Waals surface area (Å²) in [6.45, 7) is 3.90. The number of fused-ring (bicyclic) bond motifs is 3. The Morgan fingerprint density at radius 3 is 2.48 bits per heavy atom. The Morgan fingerprint density at radius 2 is 1.80 bits per heavy atom. The van der Waals surface area contributed by atoms with Gasteiger partial charge in [-0.1, -0.05) is 28.7 Å². The Hall–Kier alpha value is -2.67. The van der Waals surface area contributed by atoms with E-state index in [4.69, 9.17) is 11.6 Å². The number of imidazole rings is 1. The van der Waals surface area contributed by atoms with Crippen molar-refractivity contribution in [2.75, 3.05) is 14.1 Å². The van der Waals surface area contributed by atoms with Gasteiger partial charge in [0.1, 0.15) is 17.1 Å². The predicted octanol–water partition coefficient (Wildman–Crippen LogP) is 2.14. The van der Waals surface area contributed by atoms with Crippen LogP contribution in [0.4, 0.5) is 10.7 Å². The third-order valence-corrected chi connectivity index (χ3v) is 5.25. The highest BCUT2D eigenvalue weighted by Gasteiger charge is 2.53. The number of para-hydroxylation sites is 1. The molecule has 0 spiro atoms. The second-order valence-corrected chi connectivity index (χ2v) is 6.65. The highest BCUT2D eigenvalue weighted by atomic mass is 35.5. The highest BCUT2D eigenvalue weighted by Crippen LogP contribution is 2.34. The molecule has 0 aliphatic carbocycles. The van der Waals surface area contributed by atoms with Crippen molar-refractivity contribution in [2.45, 2.75) is 19.9 Å². The van der Waals surface area contributed by atoms with Crippen LogP contribution in [-0.2, 0) is 4.79 Å². The average molecular weight is 359 g/mol. The van der Waals surface area contributed by atoms with E-state index in [2.05, 4.69) is 4.99 Å².